The van der Waals surface area contributed by atoms with Crippen molar-refractivity contribution in [3.8, 4) is 0 Å². The molecule has 1 aromatic carbocycles. The molecule has 2 aromatic rings. The van der Waals surface area contributed by atoms with Gasteiger partial charge in [-0.05, 0) is 30.9 Å². The van der Waals surface area contributed by atoms with E-state index < -0.39 is 0 Å². The highest BCUT2D eigenvalue weighted by atomic mass is 16.1. The van der Waals surface area contributed by atoms with Gasteiger partial charge in [-0.15, -0.1) is 0 Å². The lowest BCUT2D eigenvalue weighted by Crippen LogP contribution is -2.30. The van der Waals surface area contributed by atoms with E-state index in [0.29, 0.717) is 11.6 Å². The fourth-order valence-electron chi connectivity index (χ4n) is 3.26. The van der Waals surface area contributed by atoms with Crippen molar-refractivity contribution in [1.82, 2.24) is 10.3 Å². The van der Waals surface area contributed by atoms with Gasteiger partial charge in [-0.3, -0.25) is 4.79 Å². The predicted molar refractivity (Wildman–Crippen MR) is 103 cm³/mol. The summed E-state index contributed by atoms with van der Waals surface area (Å²) in [5.41, 5.74) is 1.39. The van der Waals surface area contributed by atoms with E-state index in [1.165, 1.54) is 44.9 Å². The van der Waals surface area contributed by atoms with Crippen LogP contribution < -0.4 is 5.32 Å². The highest BCUT2D eigenvalue weighted by Gasteiger charge is 2.14. The summed E-state index contributed by atoms with van der Waals surface area (Å²) in [5, 5.41) is 4.15. The highest BCUT2D eigenvalue weighted by Crippen LogP contribution is 2.21. The van der Waals surface area contributed by atoms with Gasteiger partial charge in [0.25, 0.3) is 5.91 Å². The zero-order valence-corrected chi connectivity index (χ0v) is 13.1. The van der Waals surface area contributed by atoms with Crippen LogP contribution in [-0.4, -0.2) is 17.4 Å². The van der Waals surface area contributed by atoms with E-state index in [-0.39, 0.29) is 20.8 Å². The van der Waals surface area contributed by atoms with Crippen molar-refractivity contribution in [1.29, 1.82) is 0 Å². The molecule has 1 aliphatic rings. The summed E-state index contributed by atoms with van der Waals surface area (Å²) in [6.07, 6.45) is 9.15. The van der Waals surface area contributed by atoms with Crippen molar-refractivity contribution in [3.05, 3.63) is 42.1 Å². The topological polar surface area (TPSA) is 42.0 Å². The summed E-state index contributed by atoms with van der Waals surface area (Å²) in [5.74, 6) is 0.581. The summed E-state index contributed by atoms with van der Waals surface area (Å²) in [7, 11) is 0. The number of hydrogen-bond donors (Lipinski definition) is 1. The number of nitrogens with zero attached hydrogens (tertiary/aromatic N) is 1. The van der Waals surface area contributed by atoms with Crippen LogP contribution in [-0.2, 0) is 0 Å². The molecule has 1 N–H and O–H groups in total. The van der Waals surface area contributed by atoms with Gasteiger partial charge >= 0.3 is 0 Å². The monoisotopic (exact) mass is 328 g/mol. The number of benzene rings is 1. The molecule has 0 bridgehead atoms. The summed E-state index contributed by atoms with van der Waals surface area (Å²) >= 11 is 0. The van der Waals surface area contributed by atoms with Crippen LogP contribution in [0, 0.1) is 5.92 Å². The first kappa shape index (κ1) is 20.1. The van der Waals surface area contributed by atoms with Gasteiger partial charge in [0.1, 0.15) is 5.69 Å². The Morgan fingerprint density at radius 1 is 0.958 bits per heavy atom. The molecule has 0 atom stereocenters. The van der Waals surface area contributed by atoms with E-state index in [0.717, 1.165) is 17.4 Å². The average molecular weight is 328 g/mol. The second-order valence-electron chi connectivity index (χ2n) is 6.31. The Labute approximate surface area is 146 Å². The van der Waals surface area contributed by atoms with Gasteiger partial charge < -0.3 is 5.32 Å². The van der Waals surface area contributed by atoms with Crippen molar-refractivity contribution in [2.45, 2.75) is 59.8 Å². The maximum Gasteiger partial charge on any atom is 0.269 e. The molecule has 1 aliphatic carbocycles. The van der Waals surface area contributed by atoms with Crippen LogP contribution in [0.5, 0.6) is 0 Å². The molecule has 1 heterocycles. The van der Waals surface area contributed by atoms with Gasteiger partial charge in [0.05, 0.1) is 5.52 Å². The minimum atomic E-state index is -0.0483. The molecule has 1 amide bonds. The Hall–Kier alpha value is -1.90. The van der Waals surface area contributed by atoms with Crippen LogP contribution in [0.25, 0.3) is 10.9 Å². The molecule has 0 unspecified atom stereocenters. The zero-order chi connectivity index (χ0) is 15.2. The lowest BCUT2D eigenvalue weighted by Gasteiger charge is -2.19. The summed E-state index contributed by atoms with van der Waals surface area (Å²) in [6, 6.07) is 11.7. The van der Waals surface area contributed by atoms with Crippen molar-refractivity contribution in [2.24, 2.45) is 5.92 Å². The zero-order valence-electron chi connectivity index (χ0n) is 13.1. The maximum atomic E-state index is 12.3. The van der Waals surface area contributed by atoms with Gasteiger partial charge in [0, 0.05) is 11.9 Å². The number of fused-ring (bicyclic) bond motifs is 1. The summed E-state index contributed by atoms with van der Waals surface area (Å²) in [4.78, 5) is 16.8. The van der Waals surface area contributed by atoms with Gasteiger partial charge in [-0.25, -0.2) is 4.98 Å². The third kappa shape index (κ3) is 5.33. The van der Waals surface area contributed by atoms with Crippen molar-refractivity contribution in [3.63, 3.8) is 0 Å². The standard InChI is InChI=1S/C19H24N2O.2CH4/c22-19(20-14-15-8-4-2-1-3-5-9-15)18-13-12-16-10-6-7-11-17(16)21-18;;/h6-7,10-13,15H,1-5,8-9,14H2,(H,20,22);2*1H4. The molecule has 0 saturated heterocycles. The molecule has 1 saturated carbocycles. The Morgan fingerprint density at radius 3 is 2.38 bits per heavy atom. The molecule has 24 heavy (non-hydrogen) atoms. The number of carbonyl (C=O) groups is 1. The smallest absolute Gasteiger partial charge is 0.269 e. The number of para-hydroxylation sites is 1. The van der Waals surface area contributed by atoms with E-state index >= 15 is 0 Å². The first-order chi connectivity index (χ1) is 10.8. The molecule has 132 valence electrons. The van der Waals surface area contributed by atoms with E-state index in [1.54, 1.807) is 0 Å². The van der Waals surface area contributed by atoms with E-state index in [4.69, 9.17) is 0 Å². The lowest BCUT2D eigenvalue weighted by atomic mass is 9.91. The van der Waals surface area contributed by atoms with Crippen LogP contribution in [0.15, 0.2) is 36.4 Å². The predicted octanol–water partition coefficient (Wildman–Crippen LogP) is 5.60. The molecular weight excluding hydrogens is 296 g/mol. The Balaban J connectivity index is 0.00000144. The van der Waals surface area contributed by atoms with Gasteiger partial charge in [0.2, 0.25) is 0 Å². The SMILES string of the molecule is C.C.O=C(NCC1CCCCCCC1)c1ccc2ccccc2n1. The Morgan fingerprint density at radius 2 is 1.62 bits per heavy atom. The van der Waals surface area contributed by atoms with Crippen molar-refractivity contribution < 1.29 is 4.79 Å². The van der Waals surface area contributed by atoms with Crippen LogP contribution >= 0.6 is 0 Å². The average Bonchev–Trinajstić information content (AvgIpc) is 2.53. The third-order valence-electron chi connectivity index (χ3n) is 4.61. The fraction of sp³-hybridized carbons (Fsp3) is 0.524. The van der Waals surface area contributed by atoms with Crippen LogP contribution in [0.1, 0.15) is 70.3 Å². The van der Waals surface area contributed by atoms with Crippen molar-refractivity contribution in [2.75, 3.05) is 6.54 Å². The Bertz CT molecular complexity index is 631. The number of hydrogen-bond acceptors (Lipinski definition) is 2. The normalized spacial score (nSPS) is 15.5. The minimum absolute atomic E-state index is 0. The lowest BCUT2D eigenvalue weighted by molar-refractivity contribution is 0.0940. The maximum absolute atomic E-state index is 12.3. The molecule has 0 spiro atoms. The highest BCUT2D eigenvalue weighted by molar-refractivity contribution is 5.94. The van der Waals surface area contributed by atoms with E-state index in [1.807, 2.05) is 36.4 Å². The van der Waals surface area contributed by atoms with Gasteiger partial charge in [0.15, 0.2) is 0 Å². The first-order valence-electron chi connectivity index (χ1n) is 8.47. The van der Waals surface area contributed by atoms with Crippen LogP contribution in [0.3, 0.4) is 0 Å². The minimum Gasteiger partial charge on any atom is -0.350 e. The number of rotatable bonds is 3. The van der Waals surface area contributed by atoms with E-state index in [2.05, 4.69) is 10.3 Å². The number of pyridine rings is 1. The van der Waals surface area contributed by atoms with Gasteiger partial charge in [-0.1, -0.05) is 71.2 Å². The molecule has 3 nitrogen and oxygen atoms in total. The molecular formula is C21H32N2O. The quantitative estimate of drug-likeness (QED) is 0.797. The molecule has 3 heteroatoms. The molecule has 3 rings (SSSR count). The van der Waals surface area contributed by atoms with Crippen LogP contribution in [0.2, 0.25) is 0 Å². The molecule has 1 aromatic heterocycles. The molecule has 0 aliphatic heterocycles. The third-order valence-corrected chi connectivity index (χ3v) is 4.61. The summed E-state index contributed by atoms with van der Waals surface area (Å²) in [6.45, 7) is 0.785. The molecule has 0 radical (unpaired) electrons. The summed E-state index contributed by atoms with van der Waals surface area (Å²) < 4.78 is 0. The number of nitrogens with one attached hydrogen (secondary N) is 1. The number of amides is 1. The molecule has 1 fully saturated rings. The largest absolute Gasteiger partial charge is 0.350 e. The Kier molecular flexibility index (Phi) is 8.45. The number of carbonyl (C=O) groups excluding carboxylic acids is 1. The fourth-order valence-corrected chi connectivity index (χ4v) is 3.26. The van der Waals surface area contributed by atoms with E-state index in [9.17, 15) is 4.79 Å². The number of aromatic nitrogens is 1. The first-order valence-corrected chi connectivity index (χ1v) is 8.47. The second-order valence-corrected chi connectivity index (χ2v) is 6.31. The second kappa shape index (κ2) is 10.1. The van der Waals surface area contributed by atoms with Crippen LogP contribution in [0.4, 0.5) is 0 Å². The van der Waals surface area contributed by atoms with Crippen molar-refractivity contribution >= 4 is 16.8 Å². The van der Waals surface area contributed by atoms with Gasteiger partial charge in [-0.2, -0.15) is 0 Å².